The summed E-state index contributed by atoms with van der Waals surface area (Å²) in [5, 5.41) is 34.6. The number of aldehydes is 1. The van der Waals surface area contributed by atoms with Gasteiger partial charge in [0.1, 0.15) is 18.3 Å². The monoisotopic (exact) mass is 182 g/mol. The molecule has 0 heterocycles. The Hall–Kier alpha value is -0.560. The summed E-state index contributed by atoms with van der Waals surface area (Å²) >= 11 is 0. The highest BCUT2D eigenvalue weighted by Gasteiger charge is 2.30. The van der Waals surface area contributed by atoms with Crippen molar-refractivity contribution >= 4 is 6.29 Å². The van der Waals surface area contributed by atoms with Crippen LogP contribution in [0.5, 0.6) is 0 Å². The zero-order valence-electron chi connectivity index (χ0n) is 6.17. The van der Waals surface area contributed by atoms with E-state index in [0.29, 0.717) is 0 Å². The molecule has 0 spiro atoms. The van der Waals surface area contributed by atoms with Crippen molar-refractivity contribution in [3.63, 3.8) is 0 Å². The molecule has 0 amide bonds. The van der Waals surface area contributed by atoms with E-state index in [9.17, 15) is 9.18 Å². The largest absolute Gasteiger partial charge is 0.394 e. The van der Waals surface area contributed by atoms with Gasteiger partial charge >= 0.3 is 0 Å². The molecule has 0 radical (unpaired) electrons. The van der Waals surface area contributed by atoms with Crippen LogP contribution in [-0.2, 0) is 4.79 Å². The van der Waals surface area contributed by atoms with E-state index >= 15 is 0 Å². The van der Waals surface area contributed by atoms with Crippen molar-refractivity contribution in [2.24, 2.45) is 0 Å². The molecule has 0 aliphatic carbocycles. The van der Waals surface area contributed by atoms with E-state index in [1.165, 1.54) is 0 Å². The molecule has 12 heavy (non-hydrogen) atoms. The Morgan fingerprint density at radius 2 is 1.75 bits per heavy atom. The molecule has 72 valence electrons. The highest BCUT2D eigenvalue weighted by Crippen LogP contribution is 2.05. The van der Waals surface area contributed by atoms with Gasteiger partial charge in [0.2, 0.25) is 0 Å². The lowest BCUT2D eigenvalue weighted by Gasteiger charge is -2.21. The van der Waals surface area contributed by atoms with Gasteiger partial charge in [-0.15, -0.1) is 0 Å². The molecule has 0 bridgehead atoms. The van der Waals surface area contributed by atoms with Crippen molar-refractivity contribution in [2.45, 2.75) is 24.5 Å². The minimum atomic E-state index is -2.26. The first-order chi connectivity index (χ1) is 5.54. The maximum absolute atomic E-state index is 12.3. The number of rotatable bonds is 5. The van der Waals surface area contributed by atoms with E-state index in [1.807, 2.05) is 0 Å². The lowest BCUT2D eigenvalue weighted by atomic mass is 10.1. The van der Waals surface area contributed by atoms with E-state index in [4.69, 9.17) is 20.4 Å². The second kappa shape index (κ2) is 5.15. The molecule has 0 saturated carbocycles. The second-order valence-corrected chi connectivity index (χ2v) is 2.31. The standard InChI is InChI=1S/C6H11FO5/c7-3(1-8)5(11)6(12)4(10)2-9/h1,3-6,9-12H,2H2/t3-,4-,5-,6-/m1/s1. The minimum absolute atomic E-state index is 0.196. The average Bonchev–Trinajstić information content (AvgIpc) is 2.12. The first kappa shape index (κ1) is 11.4. The van der Waals surface area contributed by atoms with Crippen LogP contribution in [0.2, 0.25) is 0 Å². The van der Waals surface area contributed by atoms with Gasteiger partial charge < -0.3 is 25.2 Å². The van der Waals surface area contributed by atoms with Crippen molar-refractivity contribution in [3.05, 3.63) is 0 Å². The molecule has 5 nitrogen and oxygen atoms in total. The highest BCUT2D eigenvalue weighted by molar-refractivity contribution is 5.56. The molecule has 0 aliphatic heterocycles. The Morgan fingerprint density at radius 1 is 1.25 bits per heavy atom. The Kier molecular flexibility index (Phi) is 4.91. The topological polar surface area (TPSA) is 98.0 Å². The van der Waals surface area contributed by atoms with Crippen molar-refractivity contribution < 1.29 is 29.6 Å². The summed E-state index contributed by atoms with van der Waals surface area (Å²) in [5.74, 6) is 0. The summed E-state index contributed by atoms with van der Waals surface area (Å²) in [4.78, 5) is 9.77. The van der Waals surface area contributed by atoms with Crippen LogP contribution in [0.25, 0.3) is 0 Å². The van der Waals surface area contributed by atoms with E-state index in [2.05, 4.69) is 0 Å². The summed E-state index contributed by atoms with van der Waals surface area (Å²) in [7, 11) is 0. The number of aliphatic hydroxyl groups excluding tert-OH is 4. The average molecular weight is 182 g/mol. The van der Waals surface area contributed by atoms with Gasteiger partial charge in [-0.25, -0.2) is 4.39 Å². The van der Waals surface area contributed by atoms with Crippen LogP contribution >= 0.6 is 0 Å². The Balaban J connectivity index is 4.07. The fourth-order valence-corrected chi connectivity index (χ4v) is 0.604. The molecular formula is C6H11FO5. The molecule has 0 aromatic carbocycles. The predicted octanol–water partition coefficient (Wildman–Crippen LogP) is -2.40. The van der Waals surface area contributed by atoms with Crippen LogP contribution < -0.4 is 0 Å². The number of alkyl halides is 1. The third-order valence-electron chi connectivity index (χ3n) is 1.39. The third kappa shape index (κ3) is 2.82. The van der Waals surface area contributed by atoms with Crippen LogP contribution in [0.1, 0.15) is 0 Å². The zero-order chi connectivity index (χ0) is 9.72. The van der Waals surface area contributed by atoms with Gasteiger partial charge in [0.15, 0.2) is 12.5 Å². The summed E-state index contributed by atoms with van der Waals surface area (Å²) in [6, 6.07) is 0. The maximum Gasteiger partial charge on any atom is 0.183 e. The summed E-state index contributed by atoms with van der Waals surface area (Å²) in [5.41, 5.74) is 0. The number of hydrogen-bond donors (Lipinski definition) is 4. The second-order valence-electron chi connectivity index (χ2n) is 2.31. The van der Waals surface area contributed by atoms with Crippen LogP contribution in [0.3, 0.4) is 0 Å². The maximum atomic E-state index is 12.3. The van der Waals surface area contributed by atoms with Crippen molar-refractivity contribution in [3.8, 4) is 0 Å². The fraction of sp³-hybridized carbons (Fsp3) is 0.833. The minimum Gasteiger partial charge on any atom is -0.394 e. The van der Waals surface area contributed by atoms with Crippen molar-refractivity contribution in [1.82, 2.24) is 0 Å². The molecule has 0 aliphatic rings. The Morgan fingerprint density at radius 3 is 2.08 bits per heavy atom. The van der Waals surface area contributed by atoms with Gasteiger partial charge in [-0.1, -0.05) is 0 Å². The van der Waals surface area contributed by atoms with Crippen LogP contribution in [0, 0.1) is 0 Å². The Bertz CT molecular complexity index is 142. The predicted molar refractivity (Wildman–Crippen MR) is 36.1 cm³/mol. The fourth-order valence-electron chi connectivity index (χ4n) is 0.604. The normalized spacial score (nSPS) is 21.1. The van der Waals surface area contributed by atoms with E-state index in [0.717, 1.165) is 0 Å². The summed E-state index contributed by atoms with van der Waals surface area (Å²) < 4.78 is 12.3. The first-order valence-corrected chi connectivity index (χ1v) is 3.29. The molecule has 0 aromatic heterocycles. The number of carbonyl (C=O) groups excluding carboxylic acids is 1. The van der Waals surface area contributed by atoms with Gasteiger partial charge in [0.25, 0.3) is 0 Å². The lowest BCUT2D eigenvalue weighted by molar-refractivity contribution is -0.127. The highest BCUT2D eigenvalue weighted by atomic mass is 19.1. The van der Waals surface area contributed by atoms with Crippen LogP contribution in [-0.4, -0.2) is 57.8 Å². The molecule has 0 rings (SSSR count). The smallest absolute Gasteiger partial charge is 0.183 e. The SMILES string of the molecule is O=C[C@@H](F)[C@@H](O)[C@H](O)[C@H](O)CO. The quantitative estimate of drug-likeness (QED) is 0.355. The number of hydrogen-bond acceptors (Lipinski definition) is 5. The third-order valence-corrected chi connectivity index (χ3v) is 1.39. The van der Waals surface area contributed by atoms with Gasteiger partial charge in [0.05, 0.1) is 6.61 Å². The van der Waals surface area contributed by atoms with Gasteiger partial charge in [-0.3, -0.25) is 0 Å². The van der Waals surface area contributed by atoms with Gasteiger partial charge in [0, 0.05) is 0 Å². The Labute approximate surface area is 68.1 Å². The van der Waals surface area contributed by atoms with Crippen LogP contribution in [0.4, 0.5) is 4.39 Å². The number of halogens is 1. The molecule has 6 heteroatoms. The van der Waals surface area contributed by atoms with Gasteiger partial charge in [-0.05, 0) is 0 Å². The van der Waals surface area contributed by atoms with E-state index in [-0.39, 0.29) is 6.29 Å². The molecule has 0 aromatic rings. The molecule has 0 fully saturated rings. The first-order valence-electron chi connectivity index (χ1n) is 3.29. The summed E-state index contributed by atoms with van der Waals surface area (Å²) in [6.45, 7) is -0.816. The lowest BCUT2D eigenvalue weighted by Crippen LogP contribution is -2.44. The molecule has 4 atom stereocenters. The number of aliphatic hydroxyl groups is 4. The number of carbonyl (C=O) groups is 1. The zero-order valence-corrected chi connectivity index (χ0v) is 6.17. The van der Waals surface area contributed by atoms with Crippen LogP contribution in [0.15, 0.2) is 0 Å². The van der Waals surface area contributed by atoms with E-state index in [1.54, 1.807) is 0 Å². The van der Waals surface area contributed by atoms with Crippen molar-refractivity contribution in [2.75, 3.05) is 6.61 Å². The van der Waals surface area contributed by atoms with E-state index < -0.39 is 31.1 Å². The molecule has 0 unspecified atom stereocenters. The van der Waals surface area contributed by atoms with Crippen molar-refractivity contribution in [1.29, 1.82) is 0 Å². The molecule has 4 N–H and O–H groups in total. The summed E-state index contributed by atoms with van der Waals surface area (Å²) in [6.07, 6.45) is -7.99. The van der Waals surface area contributed by atoms with Gasteiger partial charge in [-0.2, -0.15) is 0 Å². The molecule has 0 saturated heterocycles. The molecular weight excluding hydrogens is 171 g/mol.